The van der Waals surface area contributed by atoms with Crippen molar-refractivity contribution in [2.45, 2.75) is 17.9 Å². The molecule has 0 bridgehead atoms. The van der Waals surface area contributed by atoms with Crippen LogP contribution < -0.4 is 5.73 Å². The Morgan fingerprint density at radius 2 is 2.46 bits per heavy atom. The van der Waals surface area contributed by atoms with Gasteiger partial charge < -0.3 is 10.5 Å². The second-order valence-electron chi connectivity index (χ2n) is 2.77. The molecule has 0 aliphatic heterocycles. The second kappa shape index (κ2) is 5.09. The molecule has 0 spiro atoms. The standard InChI is InChI=1S/C9H14N2OS/c1-7(12-2)6-13-9-3-4-11-5-8(9)10/h3-5,7H,6,10H2,1-2H3. The molecule has 0 fully saturated rings. The van der Waals surface area contributed by atoms with E-state index < -0.39 is 0 Å². The van der Waals surface area contributed by atoms with Crippen LogP contribution in [0.15, 0.2) is 23.4 Å². The van der Waals surface area contributed by atoms with E-state index in [2.05, 4.69) is 4.98 Å². The molecule has 0 aliphatic carbocycles. The van der Waals surface area contributed by atoms with Gasteiger partial charge in [-0.2, -0.15) is 0 Å². The van der Waals surface area contributed by atoms with Gasteiger partial charge in [-0.25, -0.2) is 0 Å². The van der Waals surface area contributed by atoms with Gasteiger partial charge in [-0.3, -0.25) is 4.98 Å². The summed E-state index contributed by atoms with van der Waals surface area (Å²) in [5, 5.41) is 0. The summed E-state index contributed by atoms with van der Waals surface area (Å²) < 4.78 is 5.13. The molecule has 0 saturated heterocycles. The van der Waals surface area contributed by atoms with Gasteiger partial charge in [0.15, 0.2) is 0 Å². The fourth-order valence-electron chi connectivity index (χ4n) is 0.801. The Bertz CT molecular complexity index is 268. The molecule has 0 saturated carbocycles. The third kappa shape index (κ3) is 3.24. The monoisotopic (exact) mass is 198 g/mol. The number of aromatic nitrogens is 1. The van der Waals surface area contributed by atoms with Crippen LogP contribution in [0.3, 0.4) is 0 Å². The molecule has 1 rings (SSSR count). The topological polar surface area (TPSA) is 48.1 Å². The summed E-state index contributed by atoms with van der Waals surface area (Å²) in [7, 11) is 1.71. The summed E-state index contributed by atoms with van der Waals surface area (Å²) in [5.41, 5.74) is 6.46. The Hall–Kier alpha value is -0.740. The van der Waals surface area contributed by atoms with E-state index in [9.17, 15) is 0 Å². The number of nitrogens with two attached hydrogens (primary N) is 1. The highest BCUT2D eigenvalue weighted by Crippen LogP contribution is 2.24. The summed E-state index contributed by atoms with van der Waals surface area (Å²) in [4.78, 5) is 4.99. The zero-order chi connectivity index (χ0) is 9.68. The van der Waals surface area contributed by atoms with Crippen molar-refractivity contribution in [3.63, 3.8) is 0 Å². The number of rotatable bonds is 4. The van der Waals surface area contributed by atoms with Crippen LogP contribution in [0.25, 0.3) is 0 Å². The third-order valence-corrected chi connectivity index (χ3v) is 3.00. The van der Waals surface area contributed by atoms with Crippen molar-refractivity contribution in [1.82, 2.24) is 4.98 Å². The zero-order valence-corrected chi connectivity index (χ0v) is 8.67. The highest BCUT2D eigenvalue weighted by atomic mass is 32.2. The summed E-state index contributed by atoms with van der Waals surface area (Å²) in [6, 6.07) is 1.92. The second-order valence-corrected chi connectivity index (χ2v) is 3.83. The molecule has 1 unspecified atom stereocenters. The smallest absolute Gasteiger partial charge is 0.0638 e. The Morgan fingerprint density at radius 3 is 3.08 bits per heavy atom. The van der Waals surface area contributed by atoms with Crippen molar-refractivity contribution in [3.8, 4) is 0 Å². The maximum atomic E-state index is 5.72. The molecule has 13 heavy (non-hydrogen) atoms. The van der Waals surface area contributed by atoms with Crippen molar-refractivity contribution in [3.05, 3.63) is 18.5 Å². The van der Waals surface area contributed by atoms with Crippen LogP contribution in [-0.4, -0.2) is 24.0 Å². The average Bonchev–Trinajstić information content (AvgIpc) is 2.16. The number of hydrogen-bond donors (Lipinski definition) is 1. The highest BCUT2D eigenvalue weighted by molar-refractivity contribution is 7.99. The van der Waals surface area contributed by atoms with Gasteiger partial charge in [0, 0.05) is 24.0 Å². The van der Waals surface area contributed by atoms with Crippen LogP contribution in [0.1, 0.15) is 6.92 Å². The molecule has 1 atom stereocenters. The van der Waals surface area contributed by atoms with Crippen LogP contribution in [0.2, 0.25) is 0 Å². The molecule has 0 aromatic carbocycles. The zero-order valence-electron chi connectivity index (χ0n) is 7.86. The molecule has 2 N–H and O–H groups in total. The largest absolute Gasteiger partial charge is 0.397 e. The van der Waals surface area contributed by atoms with Gasteiger partial charge in [0.25, 0.3) is 0 Å². The van der Waals surface area contributed by atoms with Crippen molar-refractivity contribution in [1.29, 1.82) is 0 Å². The molecule has 1 heterocycles. The first kappa shape index (κ1) is 10.3. The molecule has 4 heteroatoms. The number of methoxy groups -OCH3 is 1. The van der Waals surface area contributed by atoms with Gasteiger partial charge in [-0.1, -0.05) is 0 Å². The summed E-state index contributed by atoms with van der Waals surface area (Å²) in [6.45, 7) is 2.03. The van der Waals surface area contributed by atoms with Crippen LogP contribution >= 0.6 is 11.8 Å². The summed E-state index contributed by atoms with van der Waals surface area (Å²) >= 11 is 1.69. The molecular weight excluding hydrogens is 184 g/mol. The first-order valence-corrected chi connectivity index (χ1v) is 5.07. The predicted octanol–water partition coefficient (Wildman–Crippen LogP) is 1.79. The number of ether oxygens (including phenoxy) is 1. The molecular formula is C9H14N2OS. The van der Waals surface area contributed by atoms with Crippen molar-refractivity contribution in [2.75, 3.05) is 18.6 Å². The lowest BCUT2D eigenvalue weighted by molar-refractivity contribution is 0.138. The molecule has 3 nitrogen and oxygen atoms in total. The lowest BCUT2D eigenvalue weighted by Crippen LogP contribution is -2.07. The first-order chi connectivity index (χ1) is 6.24. The van der Waals surface area contributed by atoms with Crippen LogP contribution in [-0.2, 0) is 4.74 Å². The van der Waals surface area contributed by atoms with E-state index in [1.807, 2.05) is 13.0 Å². The normalized spacial score (nSPS) is 12.8. The number of nitrogens with zero attached hydrogens (tertiary/aromatic N) is 1. The number of pyridine rings is 1. The first-order valence-electron chi connectivity index (χ1n) is 4.09. The number of anilines is 1. The summed E-state index contributed by atoms with van der Waals surface area (Å²) in [6.07, 6.45) is 3.66. The van der Waals surface area contributed by atoms with Gasteiger partial charge in [0.05, 0.1) is 18.0 Å². The quantitative estimate of drug-likeness (QED) is 0.749. The SMILES string of the molecule is COC(C)CSc1ccncc1N. The van der Waals surface area contributed by atoms with Gasteiger partial charge in [-0.15, -0.1) is 11.8 Å². The Balaban J connectivity index is 2.50. The fraction of sp³-hybridized carbons (Fsp3) is 0.444. The molecule has 72 valence electrons. The van der Waals surface area contributed by atoms with Crippen molar-refractivity contribution >= 4 is 17.4 Å². The summed E-state index contributed by atoms with van der Waals surface area (Å²) in [5.74, 6) is 0.907. The van der Waals surface area contributed by atoms with E-state index in [0.29, 0.717) is 0 Å². The molecule has 0 radical (unpaired) electrons. The lowest BCUT2D eigenvalue weighted by Gasteiger charge is -2.09. The molecule has 1 aromatic heterocycles. The number of hydrogen-bond acceptors (Lipinski definition) is 4. The van der Waals surface area contributed by atoms with Crippen LogP contribution in [0, 0.1) is 0 Å². The van der Waals surface area contributed by atoms with Gasteiger partial charge in [0.1, 0.15) is 0 Å². The lowest BCUT2D eigenvalue weighted by atomic mass is 10.4. The van der Waals surface area contributed by atoms with E-state index >= 15 is 0 Å². The van der Waals surface area contributed by atoms with E-state index in [1.54, 1.807) is 31.3 Å². The Kier molecular flexibility index (Phi) is 4.05. The minimum atomic E-state index is 0.248. The third-order valence-electron chi connectivity index (χ3n) is 1.69. The molecule has 0 aliphatic rings. The van der Waals surface area contributed by atoms with E-state index in [0.717, 1.165) is 16.3 Å². The maximum absolute atomic E-state index is 5.72. The minimum Gasteiger partial charge on any atom is -0.397 e. The maximum Gasteiger partial charge on any atom is 0.0638 e. The van der Waals surface area contributed by atoms with Crippen molar-refractivity contribution < 1.29 is 4.74 Å². The fourth-order valence-corrected chi connectivity index (χ4v) is 1.73. The Labute approximate surface area is 82.7 Å². The van der Waals surface area contributed by atoms with Gasteiger partial charge in [-0.05, 0) is 13.0 Å². The van der Waals surface area contributed by atoms with E-state index in [-0.39, 0.29) is 6.10 Å². The number of thioether (sulfide) groups is 1. The molecule has 0 amide bonds. The Morgan fingerprint density at radius 1 is 1.69 bits per heavy atom. The predicted molar refractivity (Wildman–Crippen MR) is 55.8 cm³/mol. The van der Waals surface area contributed by atoms with Crippen molar-refractivity contribution in [2.24, 2.45) is 0 Å². The van der Waals surface area contributed by atoms with E-state index in [4.69, 9.17) is 10.5 Å². The molecule has 1 aromatic rings. The van der Waals surface area contributed by atoms with Gasteiger partial charge >= 0.3 is 0 Å². The van der Waals surface area contributed by atoms with Crippen LogP contribution in [0.5, 0.6) is 0 Å². The highest BCUT2D eigenvalue weighted by Gasteiger charge is 2.03. The van der Waals surface area contributed by atoms with Gasteiger partial charge in [0.2, 0.25) is 0 Å². The minimum absolute atomic E-state index is 0.248. The van der Waals surface area contributed by atoms with Crippen LogP contribution in [0.4, 0.5) is 5.69 Å². The number of nitrogen functional groups attached to an aromatic ring is 1. The van der Waals surface area contributed by atoms with E-state index in [1.165, 1.54) is 0 Å². The average molecular weight is 198 g/mol.